The molecule has 0 aliphatic rings. The number of aliphatic hydroxyl groups is 1. The van der Waals surface area contributed by atoms with Gasteiger partial charge in [-0.3, -0.25) is 4.40 Å². The third-order valence-electron chi connectivity index (χ3n) is 1.83. The Morgan fingerprint density at radius 1 is 1.50 bits per heavy atom. The van der Waals surface area contributed by atoms with Crippen LogP contribution in [0.25, 0.3) is 5.65 Å². The first-order valence-corrected chi connectivity index (χ1v) is 3.72. The third kappa shape index (κ3) is 0.967. The lowest BCUT2D eigenvalue weighted by molar-refractivity contribution is 0.282. The van der Waals surface area contributed by atoms with Gasteiger partial charge in [0.05, 0.1) is 6.61 Å². The van der Waals surface area contributed by atoms with Crippen molar-refractivity contribution in [3.05, 3.63) is 29.7 Å². The van der Waals surface area contributed by atoms with E-state index in [0.29, 0.717) is 0 Å². The van der Waals surface area contributed by atoms with Crippen LogP contribution in [0.5, 0.6) is 0 Å². The first kappa shape index (κ1) is 7.24. The molecule has 12 heavy (non-hydrogen) atoms. The highest BCUT2D eigenvalue weighted by atomic mass is 16.3. The molecule has 2 aromatic heterocycles. The molecule has 0 spiro atoms. The predicted octanol–water partition coefficient (Wildman–Crippen LogP) is 0.530. The average Bonchev–Trinajstić information content (AvgIpc) is 2.47. The van der Waals surface area contributed by atoms with E-state index in [4.69, 9.17) is 5.11 Å². The minimum Gasteiger partial charge on any atom is -0.392 e. The van der Waals surface area contributed by atoms with Crippen LogP contribution in [0, 0.1) is 6.92 Å². The Balaban J connectivity index is 2.69. The van der Waals surface area contributed by atoms with Gasteiger partial charge in [-0.05, 0) is 24.6 Å². The predicted molar refractivity (Wildman–Crippen MR) is 43.6 cm³/mol. The molecule has 0 aliphatic heterocycles. The van der Waals surface area contributed by atoms with Gasteiger partial charge in [0, 0.05) is 6.20 Å². The van der Waals surface area contributed by atoms with Crippen LogP contribution < -0.4 is 0 Å². The smallest absolute Gasteiger partial charge is 0.161 e. The summed E-state index contributed by atoms with van der Waals surface area (Å²) in [6.45, 7) is 1.93. The number of nitrogens with zero attached hydrogens (tertiary/aromatic N) is 3. The third-order valence-corrected chi connectivity index (χ3v) is 1.83. The number of pyridine rings is 1. The molecule has 0 aliphatic carbocycles. The van der Waals surface area contributed by atoms with Crippen molar-refractivity contribution >= 4 is 5.65 Å². The topological polar surface area (TPSA) is 50.4 Å². The Morgan fingerprint density at radius 3 is 3.08 bits per heavy atom. The molecule has 0 amide bonds. The lowest BCUT2D eigenvalue weighted by atomic mass is 10.3. The maximum Gasteiger partial charge on any atom is 0.161 e. The summed E-state index contributed by atoms with van der Waals surface area (Å²) in [6, 6.07) is 3.67. The average molecular weight is 163 g/mol. The van der Waals surface area contributed by atoms with E-state index in [9.17, 15) is 0 Å². The van der Waals surface area contributed by atoms with E-state index in [1.165, 1.54) is 0 Å². The first-order chi connectivity index (χ1) is 5.81. The second-order valence-electron chi connectivity index (χ2n) is 2.67. The van der Waals surface area contributed by atoms with Gasteiger partial charge in [0.15, 0.2) is 5.65 Å². The van der Waals surface area contributed by atoms with Crippen LogP contribution in [0.2, 0.25) is 0 Å². The summed E-state index contributed by atoms with van der Waals surface area (Å²) in [5.41, 5.74) is 1.63. The fourth-order valence-corrected chi connectivity index (χ4v) is 1.15. The van der Waals surface area contributed by atoms with Crippen molar-refractivity contribution < 1.29 is 5.11 Å². The molecular weight excluding hydrogens is 154 g/mol. The Hall–Kier alpha value is -1.42. The van der Waals surface area contributed by atoms with Crippen LogP contribution >= 0.6 is 0 Å². The number of rotatable bonds is 1. The van der Waals surface area contributed by atoms with Crippen LogP contribution in [0.4, 0.5) is 0 Å². The molecule has 1 N–H and O–H groups in total. The molecule has 4 heteroatoms. The minimum absolute atomic E-state index is 0.0441. The van der Waals surface area contributed by atoms with Crippen molar-refractivity contribution in [2.75, 3.05) is 0 Å². The second-order valence-corrected chi connectivity index (χ2v) is 2.67. The second kappa shape index (κ2) is 2.57. The van der Waals surface area contributed by atoms with Gasteiger partial charge in [-0.25, -0.2) is 0 Å². The number of hydrogen-bond acceptors (Lipinski definition) is 3. The highest BCUT2D eigenvalue weighted by Gasteiger charge is 1.99. The van der Waals surface area contributed by atoms with E-state index < -0.39 is 0 Å². The zero-order valence-corrected chi connectivity index (χ0v) is 6.73. The van der Waals surface area contributed by atoms with E-state index in [1.807, 2.05) is 29.7 Å². The molecule has 0 saturated heterocycles. The van der Waals surface area contributed by atoms with Crippen molar-refractivity contribution in [2.45, 2.75) is 13.5 Å². The Labute approximate surface area is 69.5 Å². The fraction of sp³-hybridized carbons (Fsp3) is 0.250. The molecule has 0 fully saturated rings. The van der Waals surface area contributed by atoms with Gasteiger partial charge in [-0.15, -0.1) is 10.2 Å². The van der Waals surface area contributed by atoms with Crippen LogP contribution in [-0.2, 0) is 6.61 Å². The maximum atomic E-state index is 8.85. The summed E-state index contributed by atoms with van der Waals surface area (Å²) in [7, 11) is 0. The molecule has 4 nitrogen and oxygen atoms in total. The van der Waals surface area contributed by atoms with Gasteiger partial charge >= 0.3 is 0 Å². The zero-order chi connectivity index (χ0) is 8.55. The lowest BCUT2D eigenvalue weighted by Crippen LogP contribution is -1.90. The van der Waals surface area contributed by atoms with Gasteiger partial charge < -0.3 is 5.11 Å². The van der Waals surface area contributed by atoms with Crippen molar-refractivity contribution in [3.63, 3.8) is 0 Å². The maximum absolute atomic E-state index is 8.85. The van der Waals surface area contributed by atoms with Crippen LogP contribution in [0.1, 0.15) is 11.4 Å². The Morgan fingerprint density at radius 2 is 2.33 bits per heavy atom. The summed E-state index contributed by atoms with van der Waals surface area (Å²) in [6.07, 6.45) is 1.86. The lowest BCUT2D eigenvalue weighted by Gasteiger charge is -1.96. The Bertz CT molecular complexity index is 408. The largest absolute Gasteiger partial charge is 0.392 e. The van der Waals surface area contributed by atoms with E-state index in [2.05, 4.69) is 10.2 Å². The van der Waals surface area contributed by atoms with Crippen LogP contribution in [0.15, 0.2) is 18.3 Å². The number of hydrogen-bond donors (Lipinski definition) is 1. The normalized spacial score (nSPS) is 10.8. The molecule has 2 aromatic rings. The fourth-order valence-electron chi connectivity index (χ4n) is 1.15. The van der Waals surface area contributed by atoms with Crippen LogP contribution in [-0.4, -0.2) is 19.7 Å². The summed E-state index contributed by atoms with van der Waals surface area (Å²) in [5.74, 6) is 0.856. The van der Waals surface area contributed by atoms with Crippen molar-refractivity contribution in [1.82, 2.24) is 14.6 Å². The molecule has 0 aromatic carbocycles. The standard InChI is InChI=1S/C8H9N3O/c1-6-9-10-8-4-7(5-12)2-3-11(6)8/h2-4,12H,5H2,1H3. The summed E-state index contributed by atoms with van der Waals surface area (Å²) < 4.78 is 1.87. The molecule has 0 radical (unpaired) electrons. The van der Waals surface area contributed by atoms with Gasteiger partial charge in [-0.2, -0.15) is 0 Å². The summed E-state index contributed by atoms with van der Waals surface area (Å²) >= 11 is 0. The minimum atomic E-state index is 0.0441. The van der Waals surface area contributed by atoms with E-state index in [-0.39, 0.29) is 6.61 Å². The number of fused-ring (bicyclic) bond motifs is 1. The Kier molecular flexibility index (Phi) is 1.55. The van der Waals surface area contributed by atoms with Gasteiger partial charge in [0.1, 0.15) is 5.82 Å². The molecule has 0 unspecified atom stereocenters. The van der Waals surface area contributed by atoms with E-state index >= 15 is 0 Å². The van der Waals surface area contributed by atoms with Gasteiger partial charge in [0.2, 0.25) is 0 Å². The summed E-state index contributed by atoms with van der Waals surface area (Å²) in [5, 5.41) is 16.7. The van der Waals surface area contributed by atoms with E-state index in [1.54, 1.807) is 0 Å². The van der Waals surface area contributed by atoms with E-state index in [0.717, 1.165) is 17.0 Å². The SMILES string of the molecule is Cc1nnc2cc(CO)ccn12. The monoisotopic (exact) mass is 163 g/mol. The van der Waals surface area contributed by atoms with Crippen molar-refractivity contribution in [2.24, 2.45) is 0 Å². The highest BCUT2D eigenvalue weighted by molar-refractivity contribution is 5.40. The molecule has 0 saturated carbocycles. The molecule has 62 valence electrons. The van der Waals surface area contributed by atoms with Gasteiger partial charge in [0.25, 0.3) is 0 Å². The summed E-state index contributed by atoms with van der Waals surface area (Å²) in [4.78, 5) is 0. The molecule has 2 rings (SSSR count). The van der Waals surface area contributed by atoms with Crippen molar-refractivity contribution in [3.8, 4) is 0 Å². The highest BCUT2D eigenvalue weighted by Crippen LogP contribution is 2.06. The molecule has 0 bridgehead atoms. The molecular formula is C8H9N3O. The zero-order valence-electron chi connectivity index (χ0n) is 6.73. The number of aromatic nitrogens is 3. The number of aliphatic hydroxyl groups excluding tert-OH is 1. The van der Waals surface area contributed by atoms with Crippen molar-refractivity contribution in [1.29, 1.82) is 0 Å². The van der Waals surface area contributed by atoms with Gasteiger partial charge in [-0.1, -0.05) is 0 Å². The van der Waals surface area contributed by atoms with Crippen LogP contribution in [0.3, 0.4) is 0 Å². The quantitative estimate of drug-likeness (QED) is 0.667. The first-order valence-electron chi connectivity index (χ1n) is 3.72. The molecule has 2 heterocycles. The molecule has 0 atom stereocenters. The number of aryl methyl sites for hydroxylation is 1.